The Balaban J connectivity index is 1.35. The summed E-state index contributed by atoms with van der Waals surface area (Å²) in [5.74, 6) is 0. The van der Waals surface area contributed by atoms with E-state index in [1.54, 1.807) is 0 Å². The van der Waals surface area contributed by atoms with Crippen LogP contribution in [-0.2, 0) is 0 Å². The molecule has 184 valence electrons. The van der Waals surface area contributed by atoms with Gasteiger partial charge in [-0.3, -0.25) is 0 Å². The highest BCUT2D eigenvalue weighted by molar-refractivity contribution is 9.10. The normalized spacial score (nSPS) is 11.7. The van der Waals surface area contributed by atoms with Crippen LogP contribution in [0.3, 0.4) is 0 Å². The Bertz CT molecular complexity index is 2200. The first kappa shape index (κ1) is 22.4. The van der Waals surface area contributed by atoms with E-state index >= 15 is 0 Å². The molecule has 0 fully saturated rings. The van der Waals surface area contributed by atoms with Gasteiger partial charge < -0.3 is 8.98 Å². The van der Waals surface area contributed by atoms with Gasteiger partial charge in [0.2, 0.25) is 0 Å². The molecule has 0 aliphatic heterocycles. The number of hydrogen-bond acceptors (Lipinski definition) is 1. The minimum absolute atomic E-state index is 0.900. The summed E-state index contributed by atoms with van der Waals surface area (Å²) in [6.07, 6.45) is 0. The zero-order valence-corrected chi connectivity index (χ0v) is 22.5. The average molecular weight is 564 g/mol. The fourth-order valence-electron chi connectivity index (χ4n) is 5.84. The second-order valence-corrected chi connectivity index (χ2v) is 10.8. The third-order valence-electron chi connectivity index (χ3n) is 7.68. The number of fused-ring (bicyclic) bond motifs is 6. The van der Waals surface area contributed by atoms with Crippen molar-refractivity contribution in [1.29, 1.82) is 0 Å². The maximum Gasteiger partial charge on any atom is 0.137 e. The van der Waals surface area contributed by atoms with E-state index < -0.39 is 0 Å². The Morgan fingerprint density at radius 1 is 0.462 bits per heavy atom. The molecular weight excluding hydrogens is 542 g/mol. The van der Waals surface area contributed by atoms with Crippen LogP contribution in [-0.4, -0.2) is 4.57 Å². The number of halogens is 1. The minimum atomic E-state index is 0.900. The van der Waals surface area contributed by atoms with Crippen LogP contribution in [0.2, 0.25) is 0 Å². The standard InChI is InChI=1S/C36H22BrNO/c37-32-13-4-1-10-27(32)25-9-7-8-23(20-25)24-16-18-29-28-11-2-5-14-33(28)38(34(29)21-24)26-17-19-31-30-12-3-6-15-35(30)39-36(31)22-26/h1-22H. The van der Waals surface area contributed by atoms with Gasteiger partial charge in [0.05, 0.1) is 11.0 Å². The second kappa shape index (κ2) is 8.72. The van der Waals surface area contributed by atoms with Gasteiger partial charge in [0, 0.05) is 37.8 Å². The summed E-state index contributed by atoms with van der Waals surface area (Å²) in [6, 6.07) is 47.4. The molecule has 39 heavy (non-hydrogen) atoms. The van der Waals surface area contributed by atoms with Crippen molar-refractivity contribution in [3.05, 3.63) is 138 Å². The summed E-state index contributed by atoms with van der Waals surface area (Å²) in [5, 5.41) is 4.76. The van der Waals surface area contributed by atoms with E-state index in [9.17, 15) is 0 Å². The largest absolute Gasteiger partial charge is 0.456 e. The molecule has 0 atom stereocenters. The van der Waals surface area contributed by atoms with Crippen molar-refractivity contribution >= 4 is 59.7 Å². The van der Waals surface area contributed by atoms with Gasteiger partial charge >= 0.3 is 0 Å². The molecule has 8 rings (SSSR count). The Labute approximate surface area is 233 Å². The maximum absolute atomic E-state index is 6.26. The number of rotatable bonds is 3. The number of furan rings is 1. The first-order valence-electron chi connectivity index (χ1n) is 13.0. The molecule has 2 aromatic heterocycles. The van der Waals surface area contributed by atoms with Crippen LogP contribution < -0.4 is 0 Å². The van der Waals surface area contributed by atoms with Gasteiger partial charge in [-0.05, 0) is 64.7 Å². The van der Waals surface area contributed by atoms with Crippen LogP contribution in [0.5, 0.6) is 0 Å². The smallest absolute Gasteiger partial charge is 0.137 e. The van der Waals surface area contributed by atoms with Crippen LogP contribution in [0, 0.1) is 0 Å². The summed E-state index contributed by atoms with van der Waals surface area (Å²) in [4.78, 5) is 0. The van der Waals surface area contributed by atoms with Crippen LogP contribution in [0.25, 0.3) is 71.7 Å². The predicted octanol–water partition coefficient (Wildman–Crippen LogP) is 10.8. The molecule has 2 nitrogen and oxygen atoms in total. The van der Waals surface area contributed by atoms with Crippen LogP contribution in [0.1, 0.15) is 0 Å². The molecule has 0 radical (unpaired) electrons. The average Bonchev–Trinajstić information content (AvgIpc) is 3.52. The number of hydrogen-bond donors (Lipinski definition) is 0. The third-order valence-corrected chi connectivity index (χ3v) is 8.37. The van der Waals surface area contributed by atoms with E-state index in [4.69, 9.17) is 4.42 Å². The fourth-order valence-corrected chi connectivity index (χ4v) is 6.36. The first-order chi connectivity index (χ1) is 19.2. The molecular formula is C36H22BrNO. The van der Waals surface area contributed by atoms with Crippen LogP contribution in [0.15, 0.2) is 142 Å². The molecule has 0 saturated carbocycles. The van der Waals surface area contributed by atoms with Crippen LogP contribution >= 0.6 is 15.9 Å². The van der Waals surface area contributed by atoms with E-state index in [1.807, 2.05) is 18.2 Å². The Hall–Kier alpha value is -4.60. The molecule has 0 unspecified atom stereocenters. The summed E-state index contributed by atoms with van der Waals surface area (Å²) in [7, 11) is 0. The molecule has 6 aromatic carbocycles. The Morgan fingerprint density at radius 3 is 2.08 bits per heavy atom. The van der Waals surface area contributed by atoms with Crippen molar-refractivity contribution in [3.63, 3.8) is 0 Å². The first-order valence-corrected chi connectivity index (χ1v) is 13.8. The third kappa shape index (κ3) is 3.54. The zero-order chi connectivity index (χ0) is 25.9. The summed E-state index contributed by atoms with van der Waals surface area (Å²) >= 11 is 3.72. The SMILES string of the molecule is Brc1ccccc1-c1cccc(-c2ccc3c4ccccc4n(-c4ccc5c(c4)oc4ccccc45)c3c2)c1. The fraction of sp³-hybridized carbons (Fsp3) is 0. The number of benzene rings is 6. The van der Waals surface area contributed by atoms with E-state index in [2.05, 4.69) is 136 Å². The van der Waals surface area contributed by atoms with Crippen molar-refractivity contribution in [2.75, 3.05) is 0 Å². The number of para-hydroxylation sites is 2. The van der Waals surface area contributed by atoms with E-state index in [0.717, 1.165) is 32.1 Å². The molecule has 0 amide bonds. The topological polar surface area (TPSA) is 18.1 Å². The van der Waals surface area contributed by atoms with Crippen molar-refractivity contribution in [1.82, 2.24) is 4.57 Å². The van der Waals surface area contributed by atoms with E-state index in [1.165, 1.54) is 44.1 Å². The molecule has 0 bridgehead atoms. The van der Waals surface area contributed by atoms with Crippen molar-refractivity contribution in [3.8, 4) is 27.9 Å². The lowest BCUT2D eigenvalue weighted by Gasteiger charge is -2.10. The molecule has 0 spiro atoms. The highest BCUT2D eigenvalue weighted by atomic mass is 79.9. The maximum atomic E-state index is 6.26. The van der Waals surface area contributed by atoms with Crippen LogP contribution in [0.4, 0.5) is 0 Å². The van der Waals surface area contributed by atoms with E-state index in [-0.39, 0.29) is 0 Å². The van der Waals surface area contributed by atoms with Gasteiger partial charge in [-0.2, -0.15) is 0 Å². The molecule has 0 N–H and O–H groups in total. The quantitative estimate of drug-likeness (QED) is 0.209. The van der Waals surface area contributed by atoms with Crippen molar-refractivity contribution in [2.45, 2.75) is 0 Å². The molecule has 0 saturated heterocycles. The number of nitrogens with zero attached hydrogens (tertiary/aromatic N) is 1. The number of aromatic nitrogens is 1. The van der Waals surface area contributed by atoms with Gasteiger partial charge in [0.15, 0.2) is 0 Å². The van der Waals surface area contributed by atoms with Crippen molar-refractivity contribution < 1.29 is 4.42 Å². The summed E-state index contributed by atoms with van der Waals surface area (Å²) in [6.45, 7) is 0. The molecule has 8 aromatic rings. The van der Waals surface area contributed by atoms with Crippen molar-refractivity contribution in [2.24, 2.45) is 0 Å². The predicted molar refractivity (Wildman–Crippen MR) is 167 cm³/mol. The molecule has 3 heteroatoms. The lowest BCUT2D eigenvalue weighted by Crippen LogP contribution is -1.93. The monoisotopic (exact) mass is 563 g/mol. The van der Waals surface area contributed by atoms with Gasteiger partial charge in [0.1, 0.15) is 11.2 Å². The van der Waals surface area contributed by atoms with Gasteiger partial charge in [-0.15, -0.1) is 0 Å². The highest BCUT2D eigenvalue weighted by Crippen LogP contribution is 2.38. The van der Waals surface area contributed by atoms with Gasteiger partial charge in [-0.25, -0.2) is 0 Å². The molecule has 2 heterocycles. The molecule has 0 aliphatic rings. The Morgan fingerprint density at radius 2 is 1.15 bits per heavy atom. The lowest BCUT2D eigenvalue weighted by molar-refractivity contribution is 0.668. The lowest BCUT2D eigenvalue weighted by atomic mass is 9.98. The second-order valence-electron chi connectivity index (χ2n) is 9.92. The van der Waals surface area contributed by atoms with E-state index in [0.29, 0.717) is 0 Å². The zero-order valence-electron chi connectivity index (χ0n) is 20.9. The van der Waals surface area contributed by atoms with Gasteiger partial charge in [0.25, 0.3) is 0 Å². The summed E-state index contributed by atoms with van der Waals surface area (Å²) < 4.78 is 9.71. The highest BCUT2D eigenvalue weighted by Gasteiger charge is 2.15. The Kier molecular flexibility index (Phi) is 5.01. The summed E-state index contributed by atoms with van der Waals surface area (Å²) in [5.41, 5.74) is 10.0. The van der Waals surface area contributed by atoms with Gasteiger partial charge in [-0.1, -0.05) is 101 Å². The molecule has 0 aliphatic carbocycles. The minimum Gasteiger partial charge on any atom is -0.456 e.